The summed E-state index contributed by atoms with van der Waals surface area (Å²) in [5, 5.41) is 6.61. The first-order valence-electron chi connectivity index (χ1n) is 9.15. The Kier molecular flexibility index (Phi) is 6.58. The zero-order chi connectivity index (χ0) is 16.8. The first kappa shape index (κ1) is 17.8. The Morgan fingerprint density at radius 2 is 2.25 bits per heavy atom. The van der Waals surface area contributed by atoms with Crippen molar-refractivity contribution in [1.29, 1.82) is 0 Å². The van der Waals surface area contributed by atoms with Crippen LogP contribution in [0.15, 0.2) is 24.3 Å². The zero-order valence-corrected chi connectivity index (χ0v) is 15.4. The second-order valence-electron chi connectivity index (χ2n) is 6.79. The van der Waals surface area contributed by atoms with Crippen molar-refractivity contribution in [1.82, 2.24) is 15.5 Å². The van der Waals surface area contributed by atoms with Crippen LogP contribution in [0.1, 0.15) is 30.9 Å². The molecule has 132 valence electrons. The van der Waals surface area contributed by atoms with Gasteiger partial charge in [0.15, 0.2) is 0 Å². The molecule has 1 aromatic rings. The maximum Gasteiger partial charge on any atom is 0.221 e. The van der Waals surface area contributed by atoms with Crippen LogP contribution in [0, 0.1) is 0 Å². The van der Waals surface area contributed by atoms with Crippen LogP contribution in [-0.2, 0) is 17.8 Å². The number of rotatable bonds is 6. The smallest absolute Gasteiger partial charge is 0.221 e. The summed E-state index contributed by atoms with van der Waals surface area (Å²) in [6, 6.07) is 9.50. The van der Waals surface area contributed by atoms with Gasteiger partial charge in [-0.2, -0.15) is 11.8 Å². The van der Waals surface area contributed by atoms with Gasteiger partial charge in [-0.25, -0.2) is 0 Å². The Morgan fingerprint density at radius 1 is 1.42 bits per heavy atom. The van der Waals surface area contributed by atoms with Crippen molar-refractivity contribution < 1.29 is 4.79 Å². The molecule has 0 aliphatic carbocycles. The van der Waals surface area contributed by atoms with Crippen molar-refractivity contribution in [2.45, 2.75) is 44.8 Å². The van der Waals surface area contributed by atoms with E-state index in [0.717, 1.165) is 50.5 Å². The van der Waals surface area contributed by atoms with Crippen molar-refractivity contribution in [3.05, 3.63) is 35.4 Å². The Hall–Kier alpha value is -1.04. The number of carbonyl (C=O) groups excluding carboxylic acids is 1. The van der Waals surface area contributed by atoms with Crippen LogP contribution in [0.2, 0.25) is 0 Å². The van der Waals surface area contributed by atoms with E-state index in [-0.39, 0.29) is 5.91 Å². The minimum Gasteiger partial charge on any atom is -0.354 e. The van der Waals surface area contributed by atoms with Crippen molar-refractivity contribution in [3.63, 3.8) is 0 Å². The second-order valence-corrected chi connectivity index (χ2v) is 7.94. The van der Waals surface area contributed by atoms with Gasteiger partial charge in [-0.15, -0.1) is 0 Å². The summed E-state index contributed by atoms with van der Waals surface area (Å²) in [4.78, 5) is 14.8. The summed E-state index contributed by atoms with van der Waals surface area (Å²) in [5.41, 5.74) is 2.92. The molecule has 1 amide bonds. The first-order valence-corrected chi connectivity index (χ1v) is 10.3. The van der Waals surface area contributed by atoms with Crippen molar-refractivity contribution >= 4 is 17.7 Å². The molecule has 2 N–H and O–H groups in total. The van der Waals surface area contributed by atoms with E-state index in [0.29, 0.717) is 18.5 Å². The number of fused-ring (bicyclic) bond motifs is 1. The summed E-state index contributed by atoms with van der Waals surface area (Å²) >= 11 is 1.94. The van der Waals surface area contributed by atoms with Gasteiger partial charge in [0.2, 0.25) is 5.91 Å². The Balaban J connectivity index is 1.47. The molecule has 0 radical (unpaired) electrons. The first-order chi connectivity index (χ1) is 11.8. The van der Waals surface area contributed by atoms with Gasteiger partial charge in [0.1, 0.15) is 0 Å². The van der Waals surface area contributed by atoms with Gasteiger partial charge in [-0.1, -0.05) is 31.2 Å². The van der Waals surface area contributed by atoms with Crippen LogP contribution in [0.4, 0.5) is 0 Å². The van der Waals surface area contributed by atoms with Crippen LogP contribution in [0.25, 0.3) is 0 Å². The summed E-state index contributed by atoms with van der Waals surface area (Å²) in [7, 11) is 0. The highest BCUT2D eigenvalue weighted by molar-refractivity contribution is 7.99. The van der Waals surface area contributed by atoms with Crippen LogP contribution in [-0.4, -0.2) is 54.0 Å². The number of nitrogens with zero attached hydrogens (tertiary/aromatic N) is 1. The van der Waals surface area contributed by atoms with Crippen LogP contribution < -0.4 is 10.6 Å². The van der Waals surface area contributed by atoms with E-state index >= 15 is 0 Å². The minimum atomic E-state index is 0.186. The van der Waals surface area contributed by atoms with Crippen molar-refractivity contribution in [2.24, 2.45) is 0 Å². The molecular formula is C19H29N3OS. The van der Waals surface area contributed by atoms with Gasteiger partial charge >= 0.3 is 0 Å². The normalized spacial score (nSPS) is 22.6. The van der Waals surface area contributed by atoms with E-state index in [4.69, 9.17) is 0 Å². The standard InChI is InChI=1S/C19H29N3OS/c1-2-18(12-21-19(23)11-17-14-24-10-8-20-17)22-9-7-15-5-3-4-6-16(15)13-22/h3-6,17-18,20H,2,7-14H2,1H3,(H,21,23). The summed E-state index contributed by atoms with van der Waals surface area (Å²) < 4.78 is 0. The number of amides is 1. The van der Waals surface area contributed by atoms with Crippen LogP contribution in [0.5, 0.6) is 0 Å². The molecule has 0 saturated carbocycles. The molecular weight excluding hydrogens is 318 g/mol. The molecule has 0 aromatic heterocycles. The van der Waals surface area contributed by atoms with E-state index in [1.807, 2.05) is 11.8 Å². The fraction of sp³-hybridized carbons (Fsp3) is 0.632. The predicted molar refractivity (Wildman–Crippen MR) is 101 cm³/mol. The number of thioether (sulfide) groups is 1. The molecule has 24 heavy (non-hydrogen) atoms. The van der Waals surface area contributed by atoms with Crippen LogP contribution in [0.3, 0.4) is 0 Å². The number of nitrogens with one attached hydrogen (secondary N) is 2. The van der Waals surface area contributed by atoms with Gasteiger partial charge in [0.05, 0.1) is 0 Å². The lowest BCUT2D eigenvalue weighted by atomic mass is 9.98. The molecule has 2 atom stereocenters. The molecule has 1 fully saturated rings. The van der Waals surface area contributed by atoms with Gasteiger partial charge in [-0.05, 0) is 24.0 Å². The fourth-order valence-corrected chi connectivity index (χ4v) is 4.59. The topological polar surface area (TPSA) is 44.4 Å². The Labute approximate surface area is 149 Å². The molecule has 3 rings (SSSR count). The maximum atomic E-state index is 12.2. The third kappa shape index (κ3) is 4.74. The lowest BCUT2D eigenvalue weighted by Crippen LogP contribution is -2.47. The second kappa shape index (κ2) is 8.88. The van der Waals surface area contributed by atoms with E-state index in [1.54, 1.807) is 0 Å². The summed E-state index contributed by atoms with van der Waals surface area (Å²) in [5.74, 6) is 2.39. The Morgan fingerprint density at radius 3 is 3.00 bits per heavy atom. The molecule has 2 unspecified atom stereocenters. The summed E-state index contributed by atoms with van der Waals surface area (Å²) in [6.07, 6.45) is 2.79. The number of hydrogen-bond acceptors (Lipinski definition) is 4. The monoisotopic (exact) mass is 347 g/mol. The van der Waals surface area contributed by atoms with E-state index < -0.39 is 0 Å². The molecule has 2 aliphatic rings. The SMILES string of the molecule is CCC(CNC(=O)CC1CSCCN1)N1CCc2ccccc2C1. The quantitative estimate of drug-likeness (QED) is 0.827. The van der Waals surface area contributed by atoms with E-state index in [2.05, 4.69) is 46.7 Å². The molecule has 2 heterocycles. The molecule has 0 bridgehead atoms. The zero-order valence-electron chi connectivity index (χ0n) is 14.6. The van der Waals surface area contributed by atoms with Crippen LogP contribution >= 0.6 is 11.8 Å². The number of benzene rings is 1. The molecule has 4 nitrogen and oxygen atoms in total. The molecule has 0 spiro atoms. The number of hydrogen-bond donors (Lipinski definition) is 2. The highest BCUT2D eigenvalue weighted by Gasteiger charge is 2.23. The maximum absolute atomic E-state index is 12.2. The van der Waals surface area contributed by atoms with E-state index in [1.165, 1.54) is 11.1 Å². The molecule has 1 aromatic carbocycles. The number of carbonyl (C=O) groups is 1. The highest BCUT2D eigenvalue weighted by atomic mass is 32.2. The van der Waals surface area contributed by atoms with Gasteiger partial charge < -0.3 is 10.6 Å². The molecule has 5 heteroatoms. The van der Waals surface area contributed by atoms with Gasteiger partial charge in [0.25, 0.3) is 0 Å². The average molecular weight is 348 g/mol. The Bertz CT molecular complexity index is 545. The molecule has 2 aliphatic heterocycles. The third-order valence-corrected chi connectivity index (χ3v) is 6.24. The molecule has 1 saturated heterocycles. The lowest BCUT2D eigenvalue weighted by Gasteiger charge is -2.35. The average Bonchev–Trinajstić information content (AvgIpc) is 2.63. The summed E-state index contributed by atoms with van der Waals surface area (Å²) in [6.45, 7) is 6.10. The fourth-order valence-electron chi connectivity index (χ4n) is 3.64. The van der Waals surface area contributed by atoms with E-state index in [9.17, 15) is 4.79 Å². The van der Waals surface area contributed by atoms with Crippen molar-refractivity contribution in [2.75, 3.05) is 31.1 Å². The predicted octanol–water partition coefficient (Wildman–Crippen LogP) is 2.03. The lowest BCUT2D eigenvalue weighted by molar-refractivity contribution is -0.121. The van der Waals surface area contributed by atoms with Gasteiger partial charge in [-0.3, -0.25) is 9.69 Å². The third-order valence-electron chi connectivity index (χ3n) is 5.11. The minimum absolute atomic E-state index is 0.186. The highest BCUT2D eigenvalue weighted by Crippen LogP contribution is 2.21. The largest absolute Gasteiger partial charge is 0.354 e. The van der Waals surface area contributed by atoms with Crippen molar-refractivity contribution in [3.8, 4) is 0 Å². The van der Waals surface area contributed by atoms with Gasteiger partial charge in [0, 0.05) is 56.2 Å².